The maximum Gasteiger partial charge on any atom is 0.281 e. The molecule has 3 aliphatic rings. The minimum Gasteiger partial charge on any atom is -0.476 e. The fraction of sp³-hybridized carbons (Fsp3) is 0.417. The summed E-state index contributed by atoms with van der Waals surface area (Å²) in [5.41, 5.74) is 9.03. The predicted octanol–water partition coefficient (Wildman–Crippen LogP) is 3.54. The Morgan fingerprint density at radius 2 is 1.94 bits per heavy atom. The Bertz CT molecular complexity index is 1170. The summed E-state index contributed by atoms with van der Waals surface area (Å²) in [6.45, 7) is 0. The maximum atomic E-state index is 9.36. The van der Waals surface area contributed by atoms with Crippen molar-refractivity contribution in [2.45, 2.75) is 49.1 Å². The fourth-order valence-electron chi connectivity index (χ4n) is 6.09. The highest BCUT2D eigenvalue weighted by Gasteiger charge is 2.67. The van der Waals surface area contributed by atoms with E-state index in [0.717, 1.165) is 54.4 Å². The Labute approximate surface area is 195 Å². The van der Waals surface area contributed by atoms with Crippen LogP contribution in [0.5, 0.6) is 0 Å². The zero-order valence-electron chi connectivity index (χ0n) is 17.9. The van der Waals surface area contributed by atoms with Gasteiger partial charge >= 0.3 is 0 Å². The molecule has 0 bridgehead atoms. The highest BCUT2D eigenvalue weighted by atomic mass is 35.5. The smallest absolute Gasteiger partial charge is 0.281 e. The maximum absolute atomic E-state index is 9.36. The first-order valence-electron chi connectivity index (χ1n) is 10.7. The summed E-state index contributed by atoms with van der Waals surface area (Å²) in [5, 5.41) is 8.29. The van der Waals surface area contributed by atoms with Gasteiger partial charge in [-0.25, -0.2) is 4.99 Å². The van der Waals surface area contributed by atoms with Crippen molar-refractivity contribution in [3.05, 3.63) is 58.1 Å². The molecule has 158 valence electrons. The van der Waals surface area contributed by atoms with Crippen molar-refractivity contribution in [3.63, 3.8) is 0 Å². The number of benzene rings is 2. The van der Waals surface area contributed by atoms with Gasteiger partial charge in [0, 0.05) is 17.5 Å². The van der Waals surface area contributed by atoms with E-state index in [1.165, 1.54) is 0 Å². The first-order chi connectivity index (χ1) is 15.2. The number of nitriles is 1. The normalized spacial score (nSPS) is 30.0. The molecule has 1 atom stereocenters. The first kappa shape index (κ1) is 21.4. The van der Waals surface area contributed by atoms with Gasteiger partial charge in [-0.05, 0) is 78.6 Å². The molecule has 0 saturated heterocycles. The van der Waals surface area contributed by atoms with Crippen LogP contribution in [0.4, 0.5) is 0 Å². The van der Waals surface area contributed by atoms with Gasteiger partial charge in [0.05, 0.1) is 23.1 Å². The lowest BCUT2D eigenvalue weighted by Crippen LogP contribution is -2.59. The van der Waals surface area contributed by atoms with Crippen LogP contribution >= 0.6 is 11.6 Å². The van der Waals surface area contributed by atoms with Crippen molar-refractivity contribution in [1.29, 1.82) is 5.26 Å². The number of halogens is 1. The molecule has 0 aromatic heterocycles. The van der Waals surface area contributed by atoms with Gasteiger partial charge in [0.1, 0.15) is 21.2 Å². The number of hydrogen-bond acceptors (Lipinski definition) is 5. The summed E-state index contributed by atoms with van der Waals surface area (Å²) in [6, 6.07) is 13.7. The SMILES string of the molecule is [B]C1([B])OC(N)=NC12c1cc(-c3cc(Cl)cc(C#N)c3)ccc1CC21CCC(OC)CC1. The van der Waals surface area contributed by atoms with Gasteiger partial charge in [-0.3, -0.25) is 0 Å². The van der Waals surface area contributed by atoms with E-state index in [9.17, 15) is 5.26 Å². The van der Waals surface area contributed by atoms with Gasteiger partial charge in [0.15, 0.2) is 0 Å². The molecule has 2 aromatic carbocycles. The molecule has 2 N–H and O–H groups in total. The molecule has 1 aliphatic heterocycles. The van der Waals surface area contributed by atoms with Gasteiger partial charge < -0.3 is 15.2 Å². The molecule has 5 rings (SSSR count). The van der Waals surface area contributed by atoms with Crippen LogP contribution < -0.4 is 5.73 Å². The Morgan fingerprint density at radius 1 is 1.19 bits per heavy atom. The van der Waals surface area contributed by atoms with Crippen molar-refractivity contribution in [3.8, 4) is 17.2 Å². The third-order valence-corrected chi connectivity index (χ3v) is 7.71. The van der Waals surface area contributed by atoms with Crippen molar-refractivity contribution >= 4 is 33.3 Å². The average Bonchev–Trinajstić information content (AvgIpc) is 3.18. The minimum atomic E-state index is -1.58. The van der Waals surface area contributed by atoms with E-state index in [1.54, 1.807) is 13.2 Å². The quantitative estimate of drug-likeness (QED) is 0.723. The number of hydrogen-bond donors (Lipinski definition) is 1. The lowest BCUT2D eigenvalue weighted by Gasteiger charge is -2.52. The van der Waals surface area contributed by atoms with Gasteiger partial charge in [-0.15, -0.1) is 0 Å². The molecular weight excluding hydrogens is 419 g/mol. The molecule has 5 nitrogen and oxygen atoms in total. The van der Waals surface area contributed by atoms with Crippen LogP contribution in [0.1, 0.15) is 42.4 Å². The van der Waals surface area contributed by atoms with Crippen LogP contribution in [0.3, 0.4) is 0 Å². The number of nitrogens with zero attached hydrogens (tertiary/aromatic N) is 2. The Hall–Kier alpha value is -2.42. The van der Waals surface area contributed by atoms with Gasteiger partial charge in [-0.1, -0.05) is 23.7 Å². The van der Waals surface area contributed by atoms with Crippen LogP contribution in [0.2, 0.25) is 5.02 Å². The molecule has 1 fully saturated rings. The largest absolute Gasteiger partial charge is 0.476 e. The van der Waals surface area contributed by atoms with Gasteiger partial charge in [0.2, 0.25) is 0 Å². The Balaban J connectivity index is 1.69. The minimum absolute atomic E-state index is 0.0102. The number of methoxy groups -OCH3 is 1. The van der Waals surface area contributed by atoms with Crippen molar-refractivity contribution in [2.75, 3.05) is 7.11 Å². The zero-order valence-corrected chi connectivity index (χ0v) is 18.7. The standard InChI is InChI=1S/C24H22B2ClN3O2/c1-31-19-4-6-22(7-5-19)12-16-3-2-15(17-8-14(13-28)9-18(27)10-17)11-20(16)23(22)24(25,26)32-21(29)30-23/h2-3,8-11,19H,4-7,12H2,1H3,(H2,29,30). The number of amidine groups is 1. The van der Waals surface area contributed by atoms with E-state index in [2.05, 4.69) is 18.2 Å². The Morgan fingerprint density at radius 3 is 2.56 bits per heavy atom. The molecule has 1 unspecified atom stereocenters. The summed E-state index contributed by atoms with van der Waals surface area (Å²) >= 11 is 6.26. The summed E-state index contributed by atoms with van der Waals surface area (Å²) < 4.78 is 11.3. The molecule has 2 aromatic rings. The van der Waals surface area contributed by atoms with Crippen LogP contribution in [-0.2, 0) is 21.4 Å². The lowest BCUT2D eigenvalue weighted by atomic mass is 9.45. The van der Waals surface area contributed by atoms with E-state index in [1.807, 2.05) is 18.2 Å². The third-order valence-electron chi connectivity index (χ3n) is 7.50. The summed E-state index contributed by atoms with van der Waals surface area (Å²) in [7, 11) is 15.0. The molecule has 8 heteroatoms. The van der Waals surface area contributed by atoms with Gasteiger partial charge in [-0.2, -0.15) is 5.26 Å². The van der Waals surface area contributed by atoms with Crippen molar-refractivity contribution in [1.82, 2.24) is 0 Å². The van der Waals surface area contributed by atoms with E-state index < -0.39 is 10.9 Å². The number of nitrogens with two attached hydrogens (primary N) is 1. The molecular formula is C24H22B2ClN3O2. The molecule has 1 heterocycles. The highest BCUT2D eigenvalue weighted by molar-refractivity contribution is 6.41. The van der Waals surface area contributed by atoms with Crippen LogP contribution in [0, 0.1) is 16.7 Å². The number of fused-ring (bicyclic) bond motifs is 3. The van der Waals surface area contributed by atoms with Crippen LogP contribution in [-0.4, -0.2) is 40.3 Å². The first-order valence-corrected chi connectivity index (χ1v) is 11.1. The third kappa shape index (κ3) is 2.93. The number of ether oxygens (including phenoxy) is 2. The monoisotopic (exact) mass is 441 g/mol. The molecule has 4 radical (unpaired) electrons. The van der Waals surface area contributed by atoms with Crippen LogP contribution in [0.15, 0.2) is 41.4 Å². The highest BCUT2D eigenvalue weighted by Crippen LogP contribution is 2.65. The molecule has 32 heavy (non-hydrogen) atoms. The van der Waals surface area contributed by atoms with Crippen molar-refractivity contribution in [2.24, 2.45) is 16.1 Å². The predicted molar refractivity (Wildman–Crippen MR) is 126 cm³/mol. The molecule has 2 spiro atoms. The van der Waals surface area contributed by atoms with E-state index >= 15 is 0 Å². The zero-order chi connectivity index (χ0) is 22.7. The second-order valence-corrected chi connectivity index (χ2v) is 9.60. The van der Waals surface area contributed by atoms with Gasteiger partial charge in [0.25, 0.3) is 6.02 Å². The second kappa shape index (κ2) is 7.30. The number of aliphatic imine (C=N–C) groups is 1. The molecule has 0 amide bonds. The lowest BCUT2D eigenvalue weighted by molar-refractivity contribution is -0.0256. The summed E-state index contributed by atoms with van der Waals surface area (Å²) in [4.78, 5) is 4.83. The summed E-state index contributed by atoms with van der Waals surface area (Å²) in [5.74, 6) is 0. The average molecular weight is 442 g/mol. The van der Waals surface area contributed by atoms with Crippen molar-refractivity contribution < 1.29 is 9.47 Å². The molecule has 1 saturated carbocycles. The van der Waals surface area contributed by atoms with E-state index in [0.29, 0.717) is 10.6 Å². The summed E-state index contributed by atoms with van der Waals surface area (Å²) in [6.07, 6.45) is 4.48. The van der Waals surface area contributed by atoms with Crippen LogP contribution in [0.25, 0.3) is 11.1 Å². The van der Waals surface area contributed by atoms with E-state index in [-0.39, 0.29) is 17.5 Å². The number of rotatable bonds is 2. The Kier molecular flexibility index (Phi) is 4.89. The van der Waals surface area contributed by atoms with E-state index in [4.69, 9.17) is 47.5 Å². The molecule has 2 aliphatic carbocycles. The second-order valence-electron chi connectivity index (χ2n) is 9.16. The fourth-order valence-corrected chi connectivity index (χ4v) is 6.33. The topological polar surface area (TPSA) is 80.6 Å².